The number of nitrogens with two attached hydrogens (primary N) is 2. The highest BCUT2D eigenvalue weighted by Crippen LogP contribution is 2.52. The fourth-order valence-electron chi connectivity index (χ4n) is 5.49. The van der Waals surface area contributed by atoms with E-state index in [0.29, 0.717) is 0 Å². The van der Waals surface area contributed by atoms with Crippen molar-refractivity contribution in [1.29, 1.82) is 0 Å². The van der Waals surface area contributed by atoms with Crippen LogP contribution in [0.1, 0.15) is 12.5 Å². The SMILES string of the molecule is COC1C2CO[PH](=O)OC3C(COP(=O)(O)OC1C(n1cnc4c(=O)[nH]c(N)nc41)O2)OC(n1cnc2c(N)ncnc21)C3F. The van der Waals surface area contributed by atoms with Crippen LogP contribution in [-0.4, -0.2) is 101 Å². The molecule has 2 bridgehead atoms. The molecule has 45 heavy (non-hydrogen) atoms. The molecule has 3 saturated heterocycles. The third kappa shape index (κ3) is 5.31. The summed E-state index contributed by atoms with van der Waals surface area (Å²) in [7, 11) is -7.19. The standard InChI is InChI=1S/C21H25FN10O11P2/c1-37-13-7-2-38-44(34)42-12-8(40-19(9(12)22)31-5-27-10-15(23)25-4-26-16(10)31)3-39-45(35,36)43-14(13)20(41-7)32-6-28-11-17(32)29-21(24)30-18(11)33/h4-9,12-14,19-20,44H,2-3H2,1H3,(H,35,36)(H2,23,25,26)(H3,24,29,30,33). The van der Waals surface area contributed by atoms with Crippen LogP contribution in [0.3, 0.4) is 0 Å². The molecule has 3 fully saturated rings. The predicted molar refractivity (Wildman–Crippen MR) is 146 cm³/mol. The van der Waals surface area contributed by atoms with E-state index in [9.17, 15) is 18.8 Å². The molecule has 0 amide bonds. The summed E-state index contributed by atoms with van der Waals surface area (Å²) in [6.45, 7) is -1.21. The average molecular weight is 674 g/mol. The summed E-state index contributed by atoms with van der Waals surface area (Å²) in [5.74, 6) is -0.178. The van der Waals surface area contributed by atoms with Crippen molar-refractivity contribution in [1.82, 2.24) is 39.0 Å². The van der Waals surface area contributed by atoms with Crippen molar-refractivity contribution in [2.24, 2.45) is 0 Å². The first-order valence-electron chi connectivity index (χ1n) is 13.2. The second-order valence-electron chi connectivity index (χ2n) is 10.1. The number of methoxy groups -OCH3 is 1. The molecule has 0 spiro atoms. The van der Waals surface area contributed by atoms with Crippen molar-refractivity contribution in [2.75, 3.05) is 31.8 Å². The van der Waals surface area contributed by atoms with Gasteiger partial charge in [-0.1, -0.05) is 0 Å². The molecule has 3 aliphatic rings. The zero-order valence-electron chi connectivity index (χ0n) is 22.9. The number of H-pyrrole nitrogens is 1. The van der Waals surface area contributed by atoms with Crippen LogP contribution in [0.5, 0.6) is 0 Å². The maximum absolute atomic E-state index is 15.9. The molecule has 24 heteroatoms. The lowest BCUT2D eigenvalue weighted by molar-refractivity contribution is -0.0625. The van der Waals surface area contributed by atoms with Crippen LogP contribution in [0.4, 0.5) is 16.2 Å². The summed E-state index contributed by atoms with van der Waals surface area (Å²) >= 11 is 0. The monoisotopic (exact) mass is 674 g/mol. The highest BCUT2D eigenvalue weighted by molar-refractivity contribution is 7.47. The minimum absolute atomic E-state index is 0.0285. The number of hydrogen-bond acceptors (Lipinski definition) is 17. The Bertz CT molecular complexity index is 1890. The second-order valence-corrected chi connectivity index (χ2v) is 12.5. The molecule has 0 aromatic carbocycles. The number of nitrogen functional groups attached to an aromatic ring is 2. The first-order chi connectivity index (χ1) is 21.5. The third-order valence-corrected chi connectivity index (χ3v) is 9.32. The number of ether oxygens (including phenoxy) is 3. The van der Waals surface area contributed by atoms with Crippen molar-refractivity contribution in [2.45, 2.75) is 49.1 Å². The largest absolute Gasteiger partial charge is 0.472 e. The predicted octanol–water partition coefficient (Wildman–Crippen LogP) is -0.421. The van der Waals surface area contributed by atoms with Gasteiger partial charge in [0.05, 0.1) is 25.9 Å². The van der Waals surface area contributed by atoms with Gasteiger partial charge in [0.15, 0.2) is 41.3 Å². The van der Waals surface area contributed by atoms with Gasteiger partial charge in [-0.15, -0.1) is 0 Å². The number of fused-ring (bicyclic) bond motifs is 5. The topological polar surface area (TPSA) is 278 Å². The zero-order valence-corrected chi connectivity index (χ0v) is 24.8. The number of aromatic nitrogens is 8. The molecule has 0 radical (unpaired) electrons. The lowest BCUT2D eigenvalue weighted by Gasteiger charge is -2.26. The van der Waals surface area contributed by atoms with E-state index in [0.717, 1.165) is 6.33 Å². The van der Waals surface area contributed by atoms with Crippen LogP contribution in [-0.2, 0) is 41.4 Å². The Hall–Kier alpha value is -3.43. The van der Waals surface area contributed by atoms with Gasteiger partial charge in [-0.2, -0.15) is 4.98 Å². The quantitative estimate of drug-likeness (QED) is 0.201. The minimum Gasteiger partial charge on any atom is -0.382 e. The molecule has 4 aromatic heterocycles. The number of rotatable bonds is 3. The molecular weight excluding hydrogens is 649 g/mol. The molecule has 6 N–H and O–H groups in total. The number of alkyl halides is 1. The molecule has 242 valence electrons. The van der Waals surface area contributed by atoms with E-state index in [1.54, 1.807) is 0 Å². The zero-order chi connectivity index (χ0) is 31.6. The summed E-state index contributed by atoms with van der Waals surface area (Å²) in [4.78, 5) is 45.6. The third-order valence-electron chi connectivity index (χ3n) is 7.47. The highest BCUT2D eigenvalue weighted by Gasteiger charge is 2.53. The van der Waals surface area contributed by atoms with Crippen LogP contribution in [0.15, 0.2) is 23.8 Å². The van der Waals surface area contributed by atoms with Crippen molar-refractivity contribution in [3.05, 3.63) is 29.3 Å². The van der Waals surface area contributed by atoms with Crippen molar-refractivity contribution in [3.63, 3.8) is 0 Å². The van der Waals surface area contributed by atoms with E-state index >= 15 is 4.39 Å². The number of phosphoric acid groups is 1. The molecule has 0 aliphatic carbocycles. The second kappa shape index (κ2) is 11.4. The van der Waals surface area contributed by atoms with Crippen molar-refractivity contribution >= 4 is 50.2 Å². The summed E-state index contributed by atoms with van der Waals surface area (Å²) in [5, 5.41) is 0. The van der Waals surface area contributed by atoms with E-state index in [-0.39, 0.29) is 34.1 Å². The molecule has 4 aromatic rings. The number of nitrogens with zero attached hydrogens (tertiary/aromatic N) is 7. The maximum atomic E-state index is 15.9. The molecule has 3 aliphatic heterocycles. The fourth-order valence-corrected chi connectivity index (χ4v) is 7.29. The van der Waals surface area contributed by atoms with Gasteiger partial charge >= 0.3 is 16.1 Å². The Morgan fingerprint density at radius 2 is 1.80 bits per heavy atom. The Morgan fingerprint density at radius 1 is 1.07 bits per heavy atom. The van der Waals surface area contributed by atoms with Crippen LogP contribution >= 0.6 is 16.1 Å². The van der Waals surface area contributed by atoms with E-state index in [4.69, 9.17) is 43.8 Å². The van der Waals surface area contributed by atoms with Crippen molar-refractivity contribution in [3.8, 4) is 0 Å². The minimum atomic E-state index is -5.01. The Balaban J connectivity index is 1.20. The molecule has 7 heterocycles. The van der Waals surface area contributed by atoms with Gasteiger partial charge in [0.1, 0.15) is 42.4 Å². The van der Waals surface area contributed by atoms with Crippen LogP contribution in [0.2, 0.25) is 0 Å². The summed E-state index contributed by atoms with van der Waals surface area (Å²) < 4.78 is 83.7. The number of aromatic amines is 1. The highest BCUT2D eigenvalue weighted by atomic mass is 31.2. The summed E-state index contributed by atoms with van der Waals surface area (Å²) in [6.07, 6.45) is -7.76. The Labute approximate surface area is 250 Å². The Kier molecular flexibility index (Phi) is 7.68. The van der Waals surface area contributed by atoms with E-state index in [2.05, 4.69) is 29.9 Å². The summed E-state index contributed by atoms with van der Waals surface area (Å²) in [6, 6.07) is 0. The number of anilines is 2. The van der Waals surface area contributed by atoms with Gasteiger partial charge in [0, 0.05) is 7.11 Å². The first kappa shape index (κ1) is 30.2. The van der Waals surface area contributed by atoms with E-state index < -0.39 is 84.0 Å². The van der Waals surface area contributed by atoms with Crippen LogP contribution in [0.25, 0.3) is 22.3 Å². The molecule has 21 nitrogen and oxygen atoms in total. The maximum Gasteiger partial charge on any atom is 0.472 e. The van der Waals surface area contributed by atoms with Gasteiger partial charge in [0.2, 0.25) is 5.95 Å². The smallest absolute Gasteiger partial charge is 0.382 e. The Morgan fingerprint density at radius 3 is 2.58 bits per heavy atom. The van der Waals surface area contributed by atoms with E-state index in [1.165, 1.54) is 28.9 Å². The number of halogens is 1. The molecular formula is C21H25FN10O11P2. The van der Waals surface area contributed by atoms with Gasteiger partial charge in [-0.05, 0) is 0 Å². The lowest BCUT2D eigenvalue weighted by atomic mass is 10.1. The number of imidazole rings is 2. The van der Waals surface area contributed by atoms with E-state index in [1.807, 2.05) is 0 Å². The van der Waals surface area contributed by atoms with Gasteiger partial charge in [-0.3, -0.25) is 32.5 Å². The normalized spacial score (nSPS) is 36.0. The molecule has 10 unspecified atom stereocenters. The molecule has 10 atom stereocenters. The van der Waals surface area contributed by atoms with Gasteiger partial charge in [0.25, 0.3) is 5.56 Å². The first-order valence-corrected chi connectivity index (χ1v) is 15.9. The van der Waals surface area contributed by atoms with Gasteiger partial charge < -0.3 is 39.6 Å². The fraction of sp³-hybridized carbons (Fsp3) is 0.524. The van der Waals surface area contributed by atoms with Crippen LogP contribution < -0.4 is 17.0 Å². The average Bonchev–Trinajstić information content (AvgIpc) is 3.75. The molecule has 0 saturated carbocycles. The van der Waals surface area contributed by atoms with Crippen LogP contribution in [0, 0.1) is 0 Å². The number of nitrogens with one attached hydrogen (secondary N) is 1. The number of hydrogen-bond donors (Lipinski definition) is 4. The number of phosphoric ester groups is 1. The van der Waals surface area contributed by atoms with Gasteiger partial charge in [-0.25, -0.2) is 28.9 Å². The van der Waals surface area contributed by atoms with Crippen molar-refractivity contribution < 1.29 is 50.7 Å². The molecule has 7 rings (SSSR count). The summed E-state index contributed by atoms with van der Waals surface area (Å²) in [5.41, 5.74) is 11.1. The lowest BCUT2D eigenvalue weighted by Crippen LogP contribution is -2.37.